The molecule has 32 valence electrons. The van der Waals surface area contributed by atoms with Crippen LogP contribution in [0, 0.1) is 0 Å². The van der Waals surface area contributed by atoms with Gasteiger partial charge in [0.1, 0.15) is 5.84 Å². The smallest absolute Gasteiger partial charge is 0.120 e. The van der Waals surface area contributed by atoms with E-state index < -0.39 is 6.85 Å². The largest absolute Gasteiger partial charge is 0.265 e. The van der Waals surface area contributed by atoms with Gasteiger partial charge in [0.05, 0.1) is 7.92 Å². The average Bonchev–Trinajstić information content (AvgIpc) is 2.11. The molecule has 0 N–H and O–H groups in total. The van der Waals surface area contributed by atoms with Crippen LogP contribution in [0.15, 0.2) is 9.98 Å². The van der Waals surface area contributed by atoms with Crippen molar-refractivity contribution in [1.82, 2.24) is 0 Å². The Bertz CT molecular complexity index is 202. The fourth-order valence-electron chi connectivity index (χ4n) is 0.256. The number of hydrogen-bond donors (Lipinski definition) is 0. The Morgan fingerprint density at radius 1 is 2.33 bits per heavy atom. The summed E-state index contributed by atoms with van der Waals surface area (Å²) >= 11 is 0. The summed E-state index contributed by atoms with van der Waals surface area (Å²) in [6.45, 7) is -2.14. The Kier molecular flexibility index (Phi) is 0.231. The van der Waals surface area contributed by atoms with Crippen molar-refractivity contribution in [3.63, 3.8) is 0 Å². The maximum absolute atomic E-state index is 6.93. The molecule has 0 fully saturated rings. The van der Waals surface area contributed by atoms with Crippen molar-refractivity contribution in [3.8, 4) is 0 Å². The monoisotopic (exact) mass is 86.1 g/mol. The first kappa shape index (κ1) is 1.15. The molecule has 1 aliphatic rings. The first-order valence-corrected chi connectivity index (χ1v) is 1.59. The number of amidine groups is 1. The van der Waals surface area contributed by atoms with Crippen LogP contribution in [0.4, 0.5) is 0 Å². The van der Waals surface area contributed by atoms with Crippen molar-refractivity contribution in [1.29, 1.82) is 0 Å². The molecule has 1 heterocycles. The Morgan fingerprint density at radius 2 is 3.33 bits per heavy atom. The van der Waals surface area contributed by atoms with E-state index in [1.54, 1.807) is 0 Å². The molecule has 0 spiro atoms. The molecular weight excluding hydrogens is 76.1 g/mol. The van der Waals surface area contributed by atoms with Gasteiger partial charge in [-0.3, -0.25) is 4.99 Å². The van der Waals surface area contributed by atoms with Crippen molar-refractivity contribution in [3.05, 3.63) is 0 Å². The lowest BCUT2D eigenvalue weighted by atomic mass is 10.7. The fraction of sp³-hybridized carbons (Fsp3) is 0.500. The van der Waals surface area contributed by atoms with Gasteiger partial charge in [-0.1, -0.05) is 0 Å². The summed E-state index contributed by atoms with van der Waals surface area (Å²) in [6, 6.07) is 0. The maximum Gasteiger partial charge on any atom is 0.120 e. The minimum Gasteiger partial charge on any atom is -0.265 e. The van der Waals surface area contributed by atoms with Crippen LogP contribution >= 0.6 is 0 Å². The molecule has 1 rings (SSSR count). The first-order valence-electron chi connectivity index (χ1n) is 3.59. The molecular formula is C4H6N2. The molecule has 0 aromatic carbocycles. The summed E-state index contributed by atoms with van der Waals surface area (Å²) in [4.78, 5) is 6.98. The average molecular weight is 86.1 g/mol. The topological polar surface area (TPSA) is 24.7 Å². The Labute approximate surface area is 42.2 Å². The molecule has 2 nitrogen and oxygen atoms in total. The molecule has 0 saturated carbocycles. The van der Waals surface area contributed by atoms with E-state index in [1.807, 2.05) is 0 Å². The quantitative estimate of drug-likeness (QED) is 0.410. The van der Waals surface area contributed by atoms with E-state index in [4.69, 9.17) is 5.48 Å². The first-order chi connectivity index (χ1) is 4.50. The fourth-order valence-corrected chi connectivity index (χ4v) is 0.256. The van der Waals surface area contributed by atoms with Crippen LogP contribution in [0.3, 0.4) is 0 Å². The van der Waals surface area contributed by atoms with Crippen LogP contribution in [-0.4, -0.2) is 18.6 Å². The Hall–Kier alpha value is -0.660. The summed E-state index contributed by atoms with van der Waals surface area (Å²) in [7, 11) is 0. The summed E-state index contributed by atoms with van der Waals surface area (Å²) in [5.41, 5.74) is 0. The highest BCUT2D eigenvalue weighted by atomic mass is 15.0. The molecule has 0 bridgehead atoms. The normalized spacial score (nSPS) is 32.0. The van der Waals surface area contributed by atoms with Crippen LogP contribution in [0.25, 0.3) is 0 Å². The van der Waals surface area contributed by atoms with Gasteiger partial charge in [0.15, 0.2) is 0 Å². The standard InChI is InChI=1S/C4H6N2/c1-4-5-2-3-6-4/h2H,3H2,1H3/i1D3,2D. The van der Waals surface area contributed by atoms with Gasteiger partial charge >= 0.3 is 0 Å². The van der Waals surface area contributed by atoms with E-state index in [-0.39, 0.29) is 18.6 Å². The lowest BCUT2D eigenvalue weighted by Crippen LogP contribution is -1.73. The van der Waals surface area contributed by atoms with Crippen molar-refractivity contribution in [2.45, 2.75) is 6.85 Å². The van der Waals surface area contributed by atoms with E-state index in [9.17, 15) is 0 Å². The molecule has 0 aromatic rings. The van der Waals surface area contributed by atoms with Crippen LogP contribution < -0.4 is 0 Å². The second-order valence-corrected chi connectivity index (χ2v) is 0.910. The maximum atomic E-state index is 6.93. The minimum absolute atomic E-state index is 0.0196. The van der Waals surface area contributed by atoms with Gasteiger partial charge in [0, 0.05) is 10.3 Å². The third-order valence-electron chi connectivity index (χ3n) is 0.484. The van der Waals surface area contributed by atoms with Crippen molar-refractivity contribution in [2.75, 3.05) is 6.54 Å². The van der Waals surface area contributed by atoms with Crippen molar-refractivity contribution < 1.29 is 5.48 Å². The number of nitrogens with zero attached hydrogens (tertiary/aromatic N) is 2. The number of hydrogen-bond acceptors (Lipinski definition) is 2. The van der Waals surface area contributed by atoms with Gasteiger partial charge in [-0.2, -0.15) is 0 Å². The van der Waals surface area contributed by atoms with Gasteiger partial charge in [0.2, 0.25) is 0 Å². The van der Waals surface area contributed by atoms with Gasteiger partial charge in [-0.25, -0.2) is 4.99 Å². The Balaban J connectivity index is 2.77. The number of rotatable bonds is 0. The van der Waals surface area contributed by atoms with Gasteiger partial charge in [-0.15, -0.1) is 0 Å². The van der Waals surface area contributed by atoms with E-state index in [2.05, 4.69) is 9.98 Å². The molecule has 6 heavy (non-hydrogen) atoms. The van der Waals surface area contributed by atoms with E-state index >= 15 is 0 Å². The van der Waals surface area contributed by atoms with Crippen LogP contribution in [-0.2, 0) is 0 Å². The van der Waals surface area contributed by atoms with Crippen LogP contribution in [0.1, 0.15) is 12.3 Å². The van der Waals surface area contributed by atoms with Crippen LogP contribution in [0.2, 0.25) is 0 Å². The van der Waals surface area contributed by atoms with E-state index in [1.165, 1.54) is 0 Å². The zero-order valence-electron chi connectivity index (χ0n) is 7.10. The molecule has 0 aliphatic carbocycles. The zero-order chi connectivity index (χ0) is 7.78. The molecule has 0 unspecified atom stereocenters. The third kappa shape index (κ3) is 0.455. The van der Waals surface area contributed by atoms with Crippen molar-refractivity contribution >= 4 is 12.0 Å². The molecule has 0 radical (unpaired) electrons. The second kappa shape index (κ2) is 1.20. The molecule has 0 atom stereocenters. The number of aliphatic imine (C=N–C) groups is 2. The van der Waals surface area contributed by atoms with Gasteiger partial charge in [-0.05, 0) is 6.85 Å². The van der Waals surface area contributed by atoms with E-state index in [0.29, 0.717) is 0 Å². The van der Waals surface area contributed by atoms with Crippen LogP contribution in [0.5, 0.6) is 0 Å². The zero-order valence-corrected chi connectivity index (χ0v) is 3.10. The lowest BCUT2D eigenvalue weighted by molar-refractivity contribution is 1.35. The summed E-state index contributed by atoms with van der Waals surface area (Å²) in [5.74, 6) is -0.197. The third-order valence-corrected chi connectivity index (χ3v) is 0.484. The minimum atomic E-state index is -2.25. The molecule has 0 aromatic heterocycles. The highest BCUT2D eigenvalue weighted by molar-refractivity contribution is 5.92. The Morgan fingerprint density at radius 3 is 3.67 bits per heavy atom. The highest BCUT2D eigenvalue weighted by Crippen LogP contribution is 1.84. The molecule has 0 saturated heterocycles. The van der Waals surface area contributed by atoms with Gasteiger partial charge < -0.3 is 0 Å². The summed E-state index contributed by atoms with van der Waals surface area (Å²) in [5, 5.41) is 0. The summed E-state index contributed by atoms with van der Waals surface area (Å²) in [6.07, 6.45) is 0.0196. The molecule has 1 aliphatic heterocycles. The second-order valence-electron chi connectivity index (χ2n) is 0.910. The van der Waals surface area contributed by atoms with E-state index in [0.717, 1.165) is 0 Å². The lowest BCUT2D eigenvalue weighted by Gasteiger charge is -1.71. The SMILES string of the molecule is [2H]C1=NC(C([2H])([2H])[2H])=NC1. The predicted molar refractivity (Wildman–Crippen MR) is 26.5 cm³/mol. The molecule has 0 amide bonds. The molecule has 2 heteroatoms. The van der Waals surface area contributed by atoms with Crippen molar-refractivity contribution in [2.24, 2.45) is 9.98 Å². The summed E-state index contributed by atoms with van der Waals surface area (Å²) < 4.78 is 27.4. The predicted octanol–water partition coefficient (Wildman–Crippen LogP) is 0.489. The van der Waals surface area contributed by atoms with Gasteiger partial charge in [0.25, 0.3) is 0 Å². The highest BCUT2D eigenvalue weighted by Gasteiger charge is 1.87.